The molecule has 3 spiro atoms. The van der Waals surface area contributed by atoms with Gasteiger partial charge in [-0.05, 0) is 197 Å². The number of hydrogen-bond donors (Lipinski definition) is 4. The lowest BCUT2D eigenvalue weighted by atomic mass is 9.73. The van der Waals surface area contributed by atoms with Gasteiger partial charge in [-0.3, -0.25) is 28.1 Å². The lowest BCUT2D eigenvalue weighted by Crippen LogP contribution is -2.48. The first-order chi connectivity index (χ1) is 53.7. The summed E-state index contributed by atoms with van der Waals surface area (Å²) in [6.07, 6.45) is 12.4. The fourth-order valence-corrected chi connectivity index (χ4v) is 19.8. The van der Waals surface area contributed by atoms with Crippen molar-refractivity contribution in [1.29, 1.82) is 0 Å². The molecule has 3 fully saturated rings. The highest BCUT2D eigenvalue weighted by Gasteiger charge is 2.51. The van der Waals surface area contributed by atoms with E-state index in [1.807, 2.05) is 101 Å². The molecule has 3 saturated heterocycles. The minimum atomic E-state index is -0.572. The quantitative estimate of drug-likeness (QED) is 0.0780. The molecular weight excluding hydrogens is 1710 g/mol. The third kappa shape index (κ3) is 19.1. The van der Waals surface area contributed by atoms with E-state index in [-0.39, 0.29) is 57.1 Å². The van der Waals surface area contributed by atoms with Gasteiger partial charge in [0.25, 0.3) is 16.7 Å². The summed E-state index contributed by atoms with van der Waals surface area (Å²) in [7, 11) is 6.54. The molecule has 9 aromatic rings. The summed E-state index contributed by atoms with van der Waals surface area (Å²) < 4.78 is 22.4. The van der Waals surface area contributed by atoms with E-state index in [1.54, 1.807) is 89.8 Å². The molecule has 6 heterocycles. The van der Waals surface area contributed by atoms with Gasteiger partial charge in [-0.2, -0.15) is 0 Å². The third-order valence-corrected chi connectivity index (χ3v) is 27.7. The van der Waals surface area contributed by atoms with Crippen LogP contribution in [0.4, 0.5) is 27.4 Å². The number of hydrogen-bond acceptors (Lipinski definition) is 17. The topological polar surface area (TPSA) is 217 Å². The van der Waals surface area contributed by atoms with E-state index in [0.29, 0.717) is 84.2 Å². The second kappa shape index (κ2) is 35.9. The molecule has 3 aromatic heterocycles. The fourth-order valence-electron chi connectivity index (χ4n) is 16.0. The number of aromatic nitrogens is 6. The number of nitrogens with zero attached hydrogens (tertiary/aromatic N) is 9. The van der Waals surface area contributed by atoms with Crippen molar-refractivity contribution in [3.8, 4) is 0 Å². The van der Waals surface area contributed by atoms with Crippen LogP contribution in [-0.2, 0) is 49.9 Å². The van der Waals surface area contributed by atoms with Gasteiger partial charge in [0.1, 0.15) is 11.2 Å². The number of alkyl carbamates (subject to hydrolysis) is 2. The molecule has 0 saturated carbocycles. The van der Waals surface area contributed by atoms with Crippen molar-refractivity contribution in [2.24, 2.45) is 43.1 Å². The molecule has 15 rings (SSSR count). The van der Waals surface area contributed by atoms with Crippen molar-refractivity contribution in [2.75, 3.05) is 54.0 Å². The molecule has 112 heavy (non-hydrogen) atoms. The predicted octanol–water partition coefficient (Wildman–Crippen LogP) is 19.4. The van der Waals surface area contributed by atoms with E-state index >= 15 is 0 Å². The molecule has 2 amide bonds. The number of carbonyl (C=O) groups is 2. The van der Waals surface area contributed by atoms with Crippen LogP contribution in [0.15, 0.2) is 185 Å². The van der Waals surface area contributed by atoms with E-state index in [1.165, 1.54) is 58.7 Å². The zero-order valence-corrected chi connectivity index (χ0v) is 73.3. The van der Waals surface area contributed by atoms with Crippen molar-refractivity contribution >= 4 is 158 Å². The molecule has 0 unspecified atom stereocenters. The van der Waals surface area contributed by atoms with Gasteiger partial charge < -0.3 is 40.5 Å². The second-order valence-corrected chi connectivity index (χ2v) is 37.2. The first-order valence-corrected chi connectivity index (χ1v) is 42.0. The van der Waals surface area contributed by atoms with Crippen molar-refractivity contribution in [1.82, 2.24) is 39.3 Å². The van der Waals surface area contributed by atoms with E-state index < -0.39 is 17.3 Å². The minimum absolute atomic E-state index is 0.0244. The minimum Gasteiger partial charge on any atom is -0.444 e. The number of halogens is 7. The Morgan fingerprint density at radius 3 is 1.20 bits per heavy atom. The number of carbonyl (C=O) groups excluding carboxylic acids is 2. The van der Waals surface area contributed by atoms with Gasteiger partial charge >= 0.3 is 12.2 Å². The number of thiol groups is 1. The van der Waals surface area contributed by atoms with Crippen LogP contribution in [0, 0.1) is 19.8 Å². The van der Waals surface area contributed by atoms with Crippen molar-refractivity contribution < 1.29 is 20.4 Å². The Bertz CT molecular complexity index is 5140. The average molecular weight is 1810 g/mol. The van der Waals surface area contributed by atoms with Crippen LogP contribution >= 0.6 is 128 Å². The Balaban J connectivity index is 0.000000157. The highest BCUT2D eigenvalue weighted by molar-refractivity contribution is 14.1. The molecule has 6 aliphatic rings. The van der Waals surface area contributed by atoms with Gasteiger partial charge in [0.05, 0.1) is 68.0 Å². The first kappa shape index (κ1) is 84.8. The summed E-state index contributed by atoms with van der Waals surface area (Å²) in [6, 6.07) is 41.1. The molecule has 4 N–H and O–H groups in total. The normalized spacial score (nSPS) is 18.2. The fraction of sp³-hybridized carbons (Fsp3) is 0.398. The maximum atomic E-state index is 13.3. The number of rotatable bonds is 9. The maximum Gasteiger partial charge on any atom is 0.408 e. The highest BCUT2D eigenvalue weighted by atomic mass is 127. The lowest BCUT2D eigenvalue weighted by molar-refractivity contribution is 0.0418. The molecule has 0 radical (unpaired) electrons. The monoisotopic (exact) mass is 1800 g/mol. The van der Waals surface area contributed by atoms with E-state index in [2.05, 4.69) is 108 Å². The number of benzene rings is 6. The maximum absolute atomic E-state index is 13.3. The van der Waals surface area contributed by atoms with Crippen LogP contribution < -0.4 is 47.7 Å². The standard InChI is InChI=1S/C29H32Cl2N4O3S.C24H24Cl2N4OS.C23H29IN4O3.C6H4Cl2S.CH4/c1-28(2,3)38-27(37)33-24-19-9-6-5-8-18(19)16-29(24)12-14-35(15-13-29)26-32-17-22(25(36)34(26)4)39-21-11-7-10-20(30)23(21)31;1-29-22(31)19(32-18-8-4-7-17(25)20(18)26)14-28-23(29)30-11-9-24(10-12-30)13-15-5-2-3-6-16(15)21(24)27;1-22(2,3)31-21(30)26-18-16-8-6-5-7-15(16)13-23(18)9-11-28(12-10-23)20-25-14-17(24)19(29)27(20)4;7-4-2-1-3-5(9)6(4)8;/h5-11,17,24H,12-16H2,1-4H3,(H,33,37);2-8,14,21H,9-13,27H2,1H3;5-8,14,18H,9-13H2,1-4H3,(H,26,30);1-3,9H;1H4/t24-;21-;18-;;/m111../s1/i;;;;1D. The smallest absolute Gasteiger partial charge is 0.408 e. The summed E-state index contributed by atoms with van der Waals surface area (Å²) in [5, 5.41) is 9.21. The molecule has 6 aromatic carbocycles. The molecule has 594 valence electrons. The number of fused-ring (bicyclic) bond motifs is 3. The molecule has 0 bridgehead atoms. The van der Waals surface area contributed by atoms with E-state index in [0.717, 1.165) is 94.4 Å². The van der Waals surface area contributed by atoms with Crippen molar-refractivity contribution in [3.05, 3.63) is 244 Å². The molecule has 19 nitrogen and oxygen atoms in total. The lowest BCUT2D eigenvalue weighted by Gasteiger charge is -2.44. The zero-order valence-electron chi connectivity index (χ0n) is 65.1. The summed E-state index contributed by atoms with van der Waals surface area (Å²) in [5.74, 6) is 2.02. The third-order valence-electron chi connectivity index (χ3n) is 21.6. The van der Waals surface area contributed by atoms with Gasteiger partial charge in [-0.15, -0.1) is 12.6 Å². The number of amides is 2. The Kier molecular flexibility index (Phi) is 27.1. The van der Waals surface area contributed by atoms with Gasteiger partial charge in [0, 0.05) is 99.5 Å². The van der Waals surface area contributed by atoms with Crippen LogP contribution in [0.1, 0.15) is 140 Å². The Morgan fingerprint density at radius 1 is 0.491 bits per heavy atom. The van der Waals surface area contributed by atoms with Gasteiger partial charge in [0.2, 0.25) is 17.8 Å². The van der Waals surface area contributed by atoms with Crippen LogP contribution in [0.25, 0.3) is 0 Å². The van der Waals surface area contributed by atoms with Crippen molar-refractivity contribution in [3.63, 3.8) is 0 Å². The number of anilines is 3. The van der Waals surface area contributed by atoms with Crippen LogP contribution in [0.5, 0.6) is 0 Å². The molecule has 29 heteroatoms. The number of nitrogens with one attached hydrogen (secondary N) is 2. The summed E-state index contributed by atoms with van der Waals surface area (Å²) in [4.78, 5) is 87.7. The predicted molar refractivity (Wildman–Crippen MR) is 466 cm³/mol. The van der Waals surface area contributed by atoms with Crippen molar-refractivity contribution in [2.45, 2.75) is 161 Å². The van der Waals surface area contributed by atoms with Crippen LogP contribution in [0.3, 0.4) is 0 Å². The largest absolute Gasteiger partial charge is 0.444 e. The first-order valence-electron chi connectivity index (χ1n) is 37.6. The summed E-state index contributed by atoms with van der Waals surface area (Å²) >= 11 is 44.8. The molecule has 3 atom stereocenters. The number of ether oxygens (including phenoxy) is 2. The number of nitrogens with two attached hydrogens (primary N) is 1. The van der Waals surface area contributed by atoms with Gasteiger partial charge in [0.15, 0.2) is 0 Å². The highest BCUT2D eigenvalue weighted by Crippen LogP contribution is 2.55. The van der Waals surface area contributed by atoms with E-state index in [9.17, 15) is 24.0 Å². The Labute approximate surface area is 713 Å². The van der Waals surface area contributed by atoms with E-state index in [4.69, 9.17) is 86.2 Å². The zero-order chi connectivity index (χ0) is 81.6. The van der Waals surface area contributed by atoms with Gasteiger partial charge in [-0.1, -0.05) is 192 Å². The Hall–Kier alpha value is -6.62. The molecule has 3 aliphatic carbocycles. The second-order valence-electron chi connectivity index (χ2n) is 31.0. The molecular formula is C83H93Cl6IN12O7S3. The summed E-state index contributed by atoms with van der Waals surface area (Å²) in [5.41, 5.74) is 12.8. The SMILES string of the molecule is Cn1c(N2CCC3(CC2)Cc2ccccc2[C@H]3N)ncc(Sc2cccc(Cl)c2Cl)c1=O.Cn1c(N2CCC3(CC2)Cc2ccccc2[C@H]3NC(=O)OC(C)(C)C)ncc(I)c1=O.Cn1c(N2CCC3(CC2)Cc2ccccc2[C@H]3NC(=O)OC(C)(C)C)ncc(Sc2cccc(Cl)c2Cl)c1=O.Sc1cccc(Cl)c1Cl.[2H]C. The van der Waals surface area contributed by atoms with Crippen LogP contribution in [-0.4, -0.2) is 91.3 Å². The number of piperidine rings is 3. The average Bonchev–Trinajstić information content (AvgIpc) is 1.62. The molecule has 3 aliphatic heterocycles. The Morgan fingerprint density at radius 2 is 0.821 bits per heavy atom. The van der Waals surface area contributed by atoms with Gasteiger partial charge in [-0.25, -0.2) is 24.5 Å². The van der Waals surface area contributed by atoms with Crippen LogP contribution in [0.2, 0.25) is 30.1 Å². The summed E-state index contributed by atoms with van der Waals surface area (Å²) in [6.45, 7) is 15.9.